The standard InChI is InChI=1S/C15H21N3O2S/c1-6-9(3)21-13-11(15(19)20-7-2)8-16-14-12(13)10(4)17-18(14)5/h8-9H,6-7H2,1-5H3. The minimum atomic E-state index is -0.319. The van der Waals surface area contributed by atoms with E-state index in [2.05, 4.69) is 23.9 Å². The number of aryl methyl sites for hydroxylation is 2. The number of carbonyl (C=O) groups is 1. The van der Waals surface area contributed by atoms with E-state index in [0.717, 1.165) is 28.0 Å². The maximum Gasteiger partial charge on any atom is 0.340 e. The largest absolute Gasteiger partial charge is 0.462 e. The van der Waals surface area contributed by atoms with Gasteiger partial charge in [0.2, 0.25) is 0 Å². The second-order valence-corrected chi connectivity index (χ2v) is 6.41. The molecule has 1 atom stereocenters. The summed E-state index contributed by atoms with van der Waals surface area (Å²) in [5, 5.41) is 5.78. The van der Waals surface area contributed by atoms with Gasteiger partial charge in [0.25, 0.3) is 0 Å². The summed E-state index contributed by atoms with van der Waals surface area (Å²) in [6.07, 6.45) is 2.63. The van der Waals surface area contributed by atoms with E-state index >= 15 is 0 Å². The summed E-state index contributed by atoms with van der Waals surface area (Å²) in [7, 11) is 1.87. The highest BCUT2D eigenvalue weighted by Crippen LogP contribution is 2.35. The van der Waals surface area contributed by atoms with Crippen LogP contribution in [0.1, 0.15) is 43.2 Å². The van der Waals surface area contributed by atoms with E-state index in [1.54, 1.807) is 29.6 Å². The zero-order valence-electron chi connectivity index (χ0n) is 13.1. The molecule has 0 aliphatic carbocycles. The predicted molar refractivity (Wildman–Crippen MR) is 84.8 cm³/mol. The van der Waals surface area contributed by atoms with Crippen LogP contribution in [0.2, 0.25) is 0 Å². The monoisotopic (exact) mass is 307 g/mol. The molecular formula is C15H21N3O2S. The van der Waals surface area contributed by atoms with Gasteiger partial charge in [-0.05, 0) is 20.3 Å². The Morgan fingerprint density at radius 2 is 2.19 bits per heavy atom. The lowest BCUT2D eigenvalue weighted by Gasteiger charge is -2.13. The van der Waals surface area contributed by atoms with Crippen molar-refractivity contribution in [2.45, 2.75) is 44.3 Å². The molecule has 0 aromatic carbocycles. The summed E-state index contributed by atoms with van der Waals surface area (Å²) >= 11 is 1.69. The summed E-state index contributed by atoms with van der Waals surface area (Å²) in [6.45, 7) is 8.39. The van der Waals surface area contributed by atoms with Gasteiger partial charge in [-0.1, -0.05) is 13.8 Å². The molecule has 0 fully saturated rings. The fourth-order valence-electron chi connectivity index (χ4n) is 2.14. The number of esters is 1. The topological polar surface area (TPSA) is 57.0 Å². The van der Waals surface area contributed by atoms with Crippen LogP contribution in [0.3, 0.4) is 0 Å². The van der Waals surface area contributed by atoms with E-state index in [1.165, 1.54) is 0 Å². The fourth-order valence-corrected chi connectivity index (χ4v) is 3.33. The summed E-state index contributed by atoms with van der Waals surface area (Å²) in [6, 6.07) is 0. The van der Waals surface area contributed by atoms with Crippen LogP contribution in [0.5, 0.6) is 0 Å². The maximum atomic E-state index is 12.2. The second kappa shape index (κ2) is 6.47. The second-order valence-electron chi connectivity index (χ2n) is 4.97. The van der Waals surface area contributed by atoms with Gasteiger partial charge in [0.1, 0.15) is 0 Å². The predicted octanol–water partition coefficient (Wildman–Crippen LogP) is 3.34. The number of hydrogen-bond acceptors (Lipinski definition) is 5. The van der Waals surface area contributed by atoms with Gasteiger partial charge in [-0.2, -0.15) is 5.10 Å². The molecule has 1 unspecified atom stereocenters. The number of ether oxygens (including phenoxy) is 1. The minimum Gasteiger partial charge on any atom is -0.462 e. The van der Waals surface area contributed by atoms with E-state index in [9.17, 15) is 4.79 Å². The van der Waals surface area contributed by atoms with Crippen molar-refractivity contribution in [3.05, 3.63) is 17.5 Å². The third kappa shape index (κ3) is 3.05. The lowest BCUT2D eigenvalue weighted by Crippen LogP contribution is -2.09. The van der Waals surface area contributed by atoms with Crippen LogP contribution in [-0.4, -0.2) is 32.6 Å². The Morgan fingerprint density at radius 3 is 2.81 bits per heavy atom. The van der Waals surface area contributed by atoms with Gasteiger partial charge in [-0.25, -0.2) is 9.78 Å². The van der Waals surface area contributed by atoms with Crippen molar-refractivity contribution in [3.63, 3.8) is 0 Å². The Morgan fingerprint density at radius 1 is 1.48 bits per heavy atom. The number of fused-ring (bicyclic) bond motifs is 1. The number of thioether (sulfide) groups is 1. The van der Waals surface area contributed by atoms with Crippen LogP contribution in [0.15, 0.2) is 11.1 Å². The molecule has 0 aliphatic rings. The zero-order chi connectivity index (χ0) is 15.6. The van der Waals surface area contributed by atoms with Gasteiger partial charge in [-0.3, -0.25) is 4.68 Å². The van der Waals surface area contributed by atoms with E-state index in [1.807, 2.05) is 14.0 Å². The molecular weight excluding hydrogens is 286 g/mol. The number of nitrogens with zero attached hydrogens (tertiary/aromatic N) is 3. The number of pyridine rings is 1. The van der Waals surface area contributed by atoms with Crippen molar-refractivity contribution in [2.75, 3.05) is 6.61 Å². The molecule has 0 aliphatic heterocycles. The van der Waals surface area contributed by atoms with Crippen molar-refractivity contribution in [1.29, 1.82) is 0 Å². The molecule has 0 N–H and O–H groups in total. The van der Waals surface area contributed by atoms with Crippen molar-refractivity contribution in [3.8, 4) is 0 Å². The van der Waals surface area contributed by atoms with E-state index in [-0.39, 0.29) is 5.97 Å². The van der Waals surface area contributed by atoms with Gasteiger partial charge >= 0.3 is 5.97 Å². The Balaban J connectivity index is 2.65. The first kappa shape index (κ1) is 15.8. The first-order valence-corrected chi connectivity index (χ1v) is 8.03. The molecule has 6 heteroatoms. The summed E-state index contributed by atoms with van der Waals surface area (Å²) in [5.41, 5.74) is 2.22. The fraction of sp³-hybridized carbons (Fsp3) is 0.533. The third-order valence-corrected chi connectivity index (χ3v) is 4.76. The van der Waals surface area contributed by atoms with Crippen LogP contribution >= 0.6 is 11.8 Å². The zero-order valence-corrected chi connectivity index (χ0v) is 14.0. The molecule has 0 spiro atoms. The molecule has 0 radical (unpaired) electrons. The van der Waals surface area contributed by atoms with Gasteiger partial charge < -0.3 is 4.74 Å². The Hall–Kier alpha value is -1.56. The number of carbonyl (C=O) groups excluding carboxylic acids is 1. The molecule has 0 bridgehead atoms. The van der Waals surface area contributed by atoms with Crippen molar-refractivity contribution in [2.24, 2.45) is 7.05 Å². The van der Waals surface area contributed by atoms with Crippen LogP contribution in [-0.2, 0) is 11.8 Å². The van der Waals surface area contributed by atoms with Crippen molar-refractivity contribution < 1.29 is 9.53 Å². The molecule has 2 aromatic heterocycles. The van der Waals surface area contributed by atoms with Gasteiger partial charge in [0, 0.05) is 23.4 Å². The molecule has 5 nitrogen and oxygen atoms in total. The molecule has 2 rings (SSSR count). The van der Waals surface area contributed by atoms with E-state index < -0.39 is 0 Å². The molecule has 0 amide bonds. The smallest absolute Gasteiger partial charge is 0.340 e. The highest BCUT2D eigenvalue weighted by Gasteiger charge is 2.22. The molecule has 21 heavy (non-hydrogen) atoms. The Labute approximate surface area is 129 Å². The average Bonchev–Trinajstić information content (AvgIpc) is 2.74. The number of rotatable bonds is 5. The highest BCUT2D eigenvalue weighted by molar-refractivity contribution is 8.00. The van der Waals surface area contributed by atoms with E-state index in [0.29, 0.717) is 17.4 Å². The minimum absolute atomic E-state index is 0.319. The van der Waals surface area contributed by atoms with Crippen molar-refractivity contribution in [1.82, 2.24) is 14.8 Å². The van der Waals surface area contributed by atoms with Gasteiger partial charge in [0.05, 0.1) is 23.3 Å². The summed E-state index contributed by atoms with van der Waals surface area (Å²) in [5.74, 6) is -0.319. The van der Waals surface area contributed by atoms with Crippen LogP contribution in [0, 0.1) is 6.92 Å². The third-order valence-electron chi connectivity index (χ3n) is 3.37. The first-order valence-electron chi connectivity index (χ1n) is 7.15. The normalized spacial score (nSPS) is 12.6. The first-order chi connectivity index (χ1) is 9.99. The van der Waals surface area contributed by atoms with Crippen molar-refractivity contribution >= 4 is 28.8 Å². The number of hydrogen-bond donors (Lipinski definition) is 0. The van der Waals surface area contributed by atoms with Crippen LogP contribution < -0.4 is 0 Å². The summed E-state index contributed by atoms with van der Waals surface area (Å²) < 4.78 is 6.91. The molecule has 0 saturated carbocycles. The van der Waals surface area contributed by atoms with Crippen LogP contribution in [0.25, 0.3) is 11.0 Å². The van der Waals surface area contributed by atoms with Gasteiger partial charge in [0.15, 0.2) is 5.65 Å². The Kier molecular flexibility index (Phi) is 4.88. The quantitative estimate of drug-likeness (QED) is 0.626. The van der Waals surface area contributed by atoms with E-state index in [4.69, 9.17) is 4.74 Å². The lowest BCUT2D eigenvalue weighted by atomic mass is 10.2. The molecule has 114 valence electrons. The maximum absolute atomic E-state index is 12.2. The molecule has 2 aromatic rings. The molecule has 0 saturated heterocycles. The van der Waals surface area contributed by atoms with Crippen LogP contribution in [0.4, 0.5) is 0 Å². The van der Waals surface area contributed by atoms with Gasteiger partial charge in [-0.15, -0.1) is 11.8 Å². The number of aromatic nitrogens is 3. The Bertz CT molecular complexity index is 666. The average molecular weight is 307 g/mol. The lowest BCUT2D eigenvalue weighted by molar-refractivity contribution is 0.0522. The SMILES string of the molecule is CCOC(=O)c1cnc2c(c(C)nn2C)c1SC(C)CC. The summed E-state index contributed by atoms with van der Waals surface area (Å²) in [4.78, 5) is 17.5. The highest BCUT2D eigenvalue weighted by atomic mass is 32.2. The molecule has 2 heterocycles.